The van der Waals surface area contributed by atoms with E-state index in [4.69, 9.17) is 0 Å². The molecule has 0 bridgehead atoms. The minimum Gasteiger partial charge on any atom is -0.507 e. The first kappa shape index (κ1) is 16.6. The van der Waals surface area contributed by atoms with Gasteiger partial charge in [-0.15, -0.1) is 0 Å². The predicted molar refractivity (Wildman–Crippen MR) is 100 cm³/mol. The zero-order valence-corrected chi connectivity index (χ0v) is 14.4. The molecule has 0 saturated heterocycles. The van der Waals surface area contributed by atoms with Crippen molar-refractivity contribution in [2.24, 2.45) is 0 Å². The molecule has 0 unspecified atom stereocenters. The van der Waals surface area contributed by atoms with Crippen molar-refractivity contribution in [1.29, 1.82) is 0 Å². The summed E-state index contributed by atoms with van der Waals surface area (Å²) in [5, 5.41) is 20.8. The summed E-state index contributed by atoms with van der Waals surface area (Å²) < 4.78 is 0. The maximum absolute atomic E-state index is 12.9. The number of rotatable bonds is 0. The smallest absolute Gasteiger partial charge is 0.202 e. The molecule has 1 aliphatic carbocycles. The third-order valence-corrected chi connectivity index (χ3v) is 4.59. The summed E-state index contributed by atoms with van der Waals surface area (Å²) >= 11 is 0. The Morgan fingerprint density at radius 1 is 0.778 bits per heavy atom. The molecule has 130 valence electrons. The van der Waals surface area contributed by atoms with Gasteiger partial charge in [0.15, 0.2) is 5.78 Å². The Hall–Kier alpha value is -3.84. The summed E-state index contributed by atoms with van der Waals surface area (Å²) in [7, 11) is 0. The van der Waals surface area contributed by atoms with Crippen LogP contribution >= 0.6 is 0 Å². The van der Waals surface area contributed by atoms with Crippen molar-refractivity contribution in [3.63, 3.8) is 0 Å². The summed E-state index contributed by atoms with van der Waals surface area (Å²) in [6.45, 7) is 1.73. The number of ketones is 2. The second-order valence-electron chi connectivity index (χ2n) is 6.31. The zero-order valence-electron chi connectivity index (χ0n) is 14.4. The molecule has 1 aliphatic rings. The number of carbonyl (C=O) groups is 2. The van der Waals surface area contributed by atoms with E-state index in [1.807, 2.05) is 30.3 Å². The summed E-state index contributed by atoms with van der Waals surface area (Å²) in [6.07, 6.45) is 0. The minimum atomic E-state index is -0.585. The number of hydrogen-bond donors (Lipinski definition) is 2. The second kappa shape index (κ2) is 6.15. The highest BCUT2D eigenvalue weighted by molar-refractivity contribution is 6.30. The average molecular weight is 354 g/mol. The van der Waals surface area contributed by atoms with Crippen LogP contribution < -0.4 is 0 Å². The van der Waals surface area contributed by atoms with Gasteiger partial charge in [-0.3, -0.25) is 9.59 Å². The summed E-state index contributed by atoms with van der Waals surface area (Å²) in [4.78, 5) is 25.7. The minimum absolute atomic E-state index is 0.0869. The molecule has 4 heteroatoms. The van der Waals surface area contributed by atoms with Crippen LogP contribution in [0.25, 0.3) is 0 Å². The molecule has 0 fully saturated rings. The van der Waals surface area contributed by atoms with Crippen molar-refractivity contribution in [2.75, 3.05) is 0 Å². The van der Waals surface area contributed by atoms with Crippen LogP contribution in [0.5, 0.6) is 11.5 Å². The van der Waals surface area contributed by atoms with Gasteiger partial charge in [0.05, 0.1) is 16.7 Å². The quantitative estimate of drug-likeness (QED) is 0.473. The van der Waals surface area contributed by atoms with Crippen LogP contribution in [0.4, 0.5) is 0 Å². The molecule has 4 nitrogen and oxygen atoms in total. The van der Waals surface area contributed by atoms with Crippen LogP contribution in [0.15, 0.2) is 54.6 Å². The normalized spacial score (nSPS) is 12.0. The molecule has 3 aromatic rings. The van der Waals surface area contributed by atoms with Crippen LogP contribution in [0, 0.1) is 18.8 Å². The van der Waals surface area contributed by atoms with E-state index < -0.39 is 11.6 Å². The lowest BCUT2D eigenvalue weighted by Gasteiger charge is -2.20. The maximum Gasteiger partial charge on any atom is 0.202 e. The van der Waals surface area contributed by atoms with Crippen molar-refractivity contribution in [1.82, 2.24) is 0 Å². The second-order valence-corrected chi connectivity index (χ2v) is 6.31. The number of aryl methyl sites for hydroxylation is 1. The predicted octanol–water partition coefficient (Wildman–Crippen LogP) is 3.58. The molecule has 0 aliphatic heterocycles. The zero-order chi connectivity index (χ0) is 19.1. The Morgan fingerprint density at radius 3 is 2.26 bits per heavy atom. The van der Waals surface area contributed by atoms with E-state index in [0.717, 1.165) is 5.56 Å². The van der Waals surface area contributed by atoms with Crippen LogP contribution in [-0.4, -0.2) is 21.8 Å². The van der Waals surface area contributed by atoms with Crippen LogP contribution in [0.1, 0.15) is 48.5 Å². The molecular weight excluding hydrogens is 340 g/mol. The Morgan fingerprint density at radius 2 is 1.52 bits per heavy atom. The number of carbonyl (C=O) groups excluding carboxylic acids is 2. The lowest BCUT2D eigenvalue weighted by atomic mass is 9.81. The third-order valence-electron chi connectivity index (χ3n) is 4.59. The van der Waals surface area contributed by atoms with Crippen LogP contribution in [-0.2, 0) is 0 Å². The fourth-order valence-corrected chi connectivity index (χ4v) is 3.26. The first-order valence-corrected chi connectivity index (χ1v) is 8.34. The van der Waals surface area contributed by atoms with Crippen LogP contribution in [0.2, 0.25) is 0 Å². The monoisotopic (exact) mass is 354 g/mol. The molecule has 0 saturated carbocycles. The van der Waals surface area contributed by atoms with Crippen molar-refractivity contribution in [3.8, 4) is 23.3 Å². The van der Waals surface area contributed by atoms with Crippen molar-refractivity contribution >= 4 is 11.6 Å². The lowest BCUT2D eigenvalue weighted by molar-refractivity contribution is 0.0974. The van der Waals surface area contributed by atoms with Gasteiger partial charge in [-0.2, -0.15) is 0 Å². The van der Waals surface area contributed by atoms with Gasteiger partial charge in [-0.1, -0.05) is 42.2 Å². The van der Waals surface area contributed by atoms with Gasteiger partial charge in [0.1, 0.15) is 11.5 Å². The van der Waals surface area contributed by atoms with E-state index in [0.29, 0.717) is 5.56 Å². The Labute approximate surface area is 155 Å². The molecule has 4 rings (SSSR count). The largest absolute Gasteiger partial charge is 0.507 e. The SMILES string of the molecule is Cc1cc2c(c(O)c1C#Cc1ccccc1)C(=O)c1c(O)cccc1C2=O. The number of phenols is 2. The van der Waals surface area contributed by atoms with Gasteiger partial charge in [0.25, 0.3) is 0 Å². The maximum atomic E-state index is 12.9. The van der Waals surface area contributed by atoms with Gasteiger partial charge in [-0.25, -0.2) is 0 Å². The molecular formula is C23H14O4. The number of fused-ring (bicyclic) bond motifs is 2. The summed E-state index contributed by atoms with van der Waals surface area (Å²) in [5.41, 5.74) is 1.71. The molecule has 0 spiro atoms. The molecule has 27 heavy (non-hydrogen) atoms. The highest BCUT2D eigenvalue weighted by Gasteiger charge is 2.35. The molecule has 0 atom stereocenters. The summed E-state index contributed by atoms with van der Waals surface area (Å²) in [6, 6.07) is 15.2. The average Bonchev–Trinajstić information content (AvgIpc) is 2.66. The van der Waals surface area contributed by atoms with E-state index >= 15 is 0 Å². The third kappa shape index (κ3) is 2.57. The number of aromatic hydroxyl groups is 2. The van der Waals surface area contributed by atoms with E-state index in [1.54, 1.807) is 13.0 Å². The number of phenolic OH excluding ortho intramolecular Hbond substituents is 2. The van der Waals surface area contributed by atoms with Gasteiger partial charge >= 0.3 is 0 Å². The number of hydrogen-bond acceptors (Lipinski definition) is 4. The summed E-state index contributed by atoms with van der Waals surface area (Å²) in [5.74, 6) is 4.24. The lowest BCUT2D eigenvalue weighted by Crippen LogP contribution is -2.22. The van der Waals surface area contributed by atoms with Crippen molar-refractivity contribution < 1.29 is 19.8 Å². The molecule has 0 radical (unpaired) electrons. The van der Waals surface area contributed by atoms with Gasteiger partial charge in [-0.05, 0) is 36.8 Å². The fraction of sp³-hybridized carbons (Fsp3) is 0.0435. The van der Waals surface area contributed by atoms with Gasteiger partial charge in [0.2, 0.25) is 5.78 Å². The van der Waals surface area contributed by atoms with Crippen LogP contribution in [0.3, 0.4) is 0 Å². The fourth-order valence-electron chi connectivity index (χ4n) is 3.26. The molecule has 2 N–H and O–H groups in total. The molecule has 0 amide bonds. The molecule has 0 heterocycles. The van der Waals surface area contributed by atoms with E-state index in [-0.39, 0.29) is 39.3 Å². The molecule has 3 aromatic carbocycles. The van der Waals surface area contributed by atoms with E-state index in [2.05, 4.69) is 11.8 Å². The Balaban J connectivity index is 1.92. The Bertz CT molecular complexity index is 1180. The van der Waals surface area contributed by atoms with Crippen molar-refractivity contribution in [2.45, 2.75) is 6.92 Å². The van der Waals surface area contributed by atoms with E-state index in [1.165, 1.54) is 18.2 Å². The topological polar surface area (TPSA) is 74.6 Å². The first-order chi connectivity index (χ1) is 13.0. The van der Waals surface area contributed by atoms with E-state index in [9.17, 15) is 19.8 Å². The highest BCUT2D eigenvalue weighted by atomic mass is 16.3. The Kier molecular flexibility index (Phi) is 3.79. The molecule has 0 aromatic heterocycles. The number of benzene rings is 3. The van der Waals surface area contributed by atoms with Crippen molar-refractivity contribution in [3.05, 3.63) is 93.5 Å². The highest BCUT2D eigenvalue weighted by Crippen LogP contribution is 2.39. The first-order valence-electron chi connectivity index (χ1n) is 8.34. The van der Waals surface area contributed by atoms with Gasteiger partial charge in [0, 0.05) is 16.7 Å². The standard InChI is InChI=1S/C23H14O4/c1-13-12-17-20(22(26)15(13)11-10-14-6-3-2-4-7-14)23(27)19-16(21(17)25)8-5-9-18(19)24/h2-9,12,24,26H,1H3. The van der Waals surface area contributed by atoms with Gasteiger partial charge < -0.3 is 10.2 Å².